The molecule has 5 nitrogen and oxygen atoms in total. The third-order valence-electron chi connectivity index (χ3n) is 2.79. The van der Waals surface area contributed by atoms with Crippen LogP contribution in [0.1, 0.15) is 15.2 Å². The molecule has 0 saturated carbocycles. The first-order valence-electron chi connectivity index (χ1n) is 5.81. The van der Waals surface area contributed by atoms with Gasteiger partial charge < -0.3 is 10.1 Å². The number of fused-ring (bicyclic) bond motifs is 1. The molecule has 0 amide bonds. The number of H-pyrrole nitrogens is 1. The molecule has 2 aromatic heterocycles. The fraction of sp³-hybridized carbons (Fsp3) is 0. The molecule has 8 heteroatoms. The summed E-state index contributed by atoms with van der Waals surface area (Å²) in [6.45, 7) is 0. The Morgan fingerprint density at radius 1 is 1.45 bits per heavy atom. The number of halogens is 2. The van der Waals surface area contributed by atoms with Gasteiger partial charge in [0.25, 0.3) is 0 Å². The minimum Gasteiger partial charge on any atom is -0.494 e. The molecule has 112 valence electrons. The third-order valence-corrected chi connectivity index (χ3v) is 3.95. The summed E-state index contributed by atoms with van der Waals surface area (Å²) in [7, 11) is 0. The molecule has 0 spiro atoms. The van der Waals surface area contributed by atoms with Crippen LogP contribution in [0.2, 0.25) is 5.02 Å². The lowest BCUT2D eigenvalue weighted by atomic mass is 10.1. The van der Waals surface area contributed by atoms with Crippen molar-refractivity contribution in [1.29, 1.82) is 5.41 Å². The van der Waals surface area contributed by atoms with Gasteiger partial charge in [-0.3, -0.25) is 4.79 Å². The van der Waals surface area contributed by atoms with Crippen LogP contribution in [0.5, 0.6) is 5.88 Å². The van der Waals surface area contributed by atoms with Gasteiger partial charge in [0.2, 0.25) is 17.7 Å². The predicted octanol–water partition coefficient (Wildman–Crippen LogP) is 3.86. The Balaban J connectivity index is 0.000000545. The number of aromatic hydroxyl groups is 1. The summed E-state index contributed by atoms with van der Waals surface area (Å²) in [6.07, 6.45) is 0.750. The van der Waals surface area contributed by atoms with Crippen molar-refractivity contribution < 1.29 is 19.1 Å². The maximum Gasteiger partial charge on any atom is 0.231 e. The number of hydrogen-bond acceptors (Lipinski definition) is 5. The Morgan fingerprint density at radius 2 is 2.14 bits per heavy atom. The number of benzene rings is 1. The molecular weight excluding hydrogens is 331 g/mol. The number of aromatic amines is 1. The molecule has 3 N–H and O–H groups in total. The van der Waals surface area contributed by atoms with Crippen molar-refractivity contribution in [3.63, 3.8) is 0 Å². The molecule has 2 heterocycles. The van der Waals surface area contributed by atoms with Gasteiger partial charge in [0.15, 0.2) is 0 Å². The maximum atomic E-state index is 13.5. The van der Waals surface area contributed by atoms with Crippen LogP contribution in [0, 0.1) is 11.2 Å². The van der Waals surface area contributed by atoms with E-state index in [2.05, 4.69) is 4.98 Å². The lowest BCUT2D eigenvalue weighted by Gasteiger charge is -1.98. The molecule has 0 bridgehead atoms. The number of aromatic nitrogens is 1. The Bertz CT molecular complexity index is 868. The standard InChI is InChI=1S/C13H7ClFNO2S.CHNO/c14-7-5-9-6(4-8(7)15)11(13(18)16-9)12(17)10-2-1-3-19-10;2-1-3/h1-5,16,18H;2H. The number of hydrogen-bond donors (Lipinski definition) is 3. The quantitative estimate of drug-likeness (QED) is 0.376. The molecular formula is C14H8ClFN2O3S. The average molecular weight is 339 g/mol. The van der Waals surface area contributed by atoms with Gasteiger partial charge >= 0.3 is 0 Å². The summed E-state index contributed by atoms with van der Waals surface area (Å²) in [5.74, 6) is -1.26. The third kappa shape index (κ3) is 2.92. The van der Waals surface area contributed by atoms with E-state index < -0.39 is 5.82 Å². The predicted molar refractivity (Wildman–Crippen MR) is 81.1 cm³/mol. The zero-order valence-corrected chi connectivity index (χ0v) is 12.4. The molecule has 0 aliphatic heterocycles. The van der Waals surface area contributed by atoms with Gasteiger partial charge in [-0.1, -0.05) is 17.7 Å². The molecule has 0 atom stereocenters. The SMILES string of the molecule is N=C=O.O=C(c1cccs1)c1c(O)[nH]c2cc(Cl)c(F)cc12. The summed E-state index contributed by atoms with van der Waals surface area (Å²) in [4.78, 5) is 23.7. The fourth-order valence-electron chi connectivity index (χ4n) is 1.94. The van der Waals surface area contributed by atoms with E-state index in [1.54, 1.807) is 17.5 Å². The molecule has 0 aliphatic rings. The van der Waals surface area contributed by atoms with Crippen molar-refractivity contribution in [3.05, 3.63) is 50.9 Å². The van der Waals surface area contributed by atoms with Crippen LogP contribution in [0.15, 0.2) is 29.6 Å². The maximum absolute atomic E-state index is 13.5. The highest BCUT2D eigenvalue weighted by molar-refractivity contribution is 7.12. The monoisotopic (exact) mass is 338 g/mol. The summed E-state index contributed by atoms with van der Waals surface area (Å²) >= 11 is 6.93. The van der Waals surface area contributed by atoms with Crippen molar-refractivity contribution in [2.75, 3.05) is 0 Å². The largest absolute Gasteiger partial charge is 0.494 e. The minimum atomic E-state index is -0.631. The smallest absolute Gasteiger partial charge is 0.231 e. The first-order valence-corrected chi connectivity index (χ1v) is 7.07. The van der Waals surface area contributed by atoms with Crippen molar-refractivity contribution in [2.24, 2.45) is 0 Å². The van der Waals surface area contributed by atoms with Crippen LogP contribution in [0.25, 0.3) is 10.9 Å². The van der Waals surface area contributed by atoms with Crippen LogP contribution in [-0.4, -0.2) is 22.0 Å². The van der Waals surface area contributed by atoms with Crippen molar-refractivity contribution in [2.45, 2.75) is 0 Å². The van der Waals surface area contributed by atoms with Crippen LogP contribution in [0.4, 0.5) is 4.39 Å². The second kappa shape index (κ2) is 6.53. The highest BCUT2D eigenvalue weighted by atomic mass is 35.5. The van der Waals surface area contributed by atoms with Gasteiger partial charge in [0.05, 0.1) is 21.0 Å². The normalized spacial score (nSPS) is 9.91. The molecule has 1 aromatic carbocycles. The van der Waals surface area contributed by atoms with Gasteiger partial charge in [-0.25, -0.2) is 14.6 Å². The van der Waals surface area contributed by atoms with Gasteiger partial charge in [0.1, 0.15) is 5.82 Å². The van der Waals surface area contributed by atoms with Crippen LogP contribution in [-0.2, 0) is 4.79 Å². The van der Waals surface area contributed by atoms with E-state index in [1.807, 2.05) is 0 Å². The second-order valence-electron chi connectivity index (χ2n) is 4.07. The molecule has 0 aliphatic carbocycles. The Labute approximate surface area is 132 Å². The number of rotatable bonds is 2. The van der Waals surface area contributed by atoms with E-state index in [0.717, 1.165) is 12.1 Å². The molecule has 22 heavy (non-hydrogen) atoms. The molecule has 0 saturated heterocycles. The van der Waals surface area contributed by atoms with Crippen LogP contribution in [0.3, 0.4) is 0 Å². The van der Waals surface area contributed by atoms with Gasteiger partial charge in [-0.15, -0.1) is 11.3 Å². The van der Waals surface area contributed by atoms with E-state index in [4.69, 9.17) is 21.8 Å². The summed E-state index contributed by atoms with van der Waals surface area (Å²) < 4.78 is 13.5. The molecule has 0 fully saturated rings. The van der Waals surface area contributed by atoms with Gasteiger partial charge in [0, 0.05) is 5.39 Å². The highest BCUT2D eigenvalue weighted by Gasteiger charge is 2.21. The topological polar surface area (TPSA) is 94.0 Å². The van der Waals surface area contributed by atoms with Crippen LogP contribution >= 0.6 is 22.9 Å². The number of thiophene rings is 1. The molecule has 3 rings (SSSR count). The molecule has 3 aromatic rings. The number of ketones is 1. The zero-order chi connectivity index (χ0) is 16.3. The van der Waals surface area contributed by atoms with Crippen molar-refractivity contribution in [3.8, 4) is 5.88 Å². The molecule has 0 unspecified atom stereocenters. The van der Waals surface area contributed by atoms with E-state index in [0.29, 0.717) is 15.8 Å². The van der Waals surface area contributed by atoms with Gasteiger partial charge in [-0.2, -0.15) is 0 Å². The Hall–Kier alpha value is -2.47. The highest BCUT2D eigenvalue weighted by Crippen LogP contribution is 2.33. The number of nitrogens with one attached hydrogen (secondary N) is 2. The van der Waals surface area contributed by atoms with E-state index >= 15 is 0 Å². The minimum absolute atomic E-state index is 0.0630. The van der Waals surface area contributed by atoms with Crippen LogP contribution < -0.4 is 0 Å². The lowest BCUT2D eigenvalue weighted by molar-refractivity contribution is 0.104. The number of carbonyl (C=O) groups is 1. The fourth-order valence-corrected chi connectivity index (χ4v) is 2.77. The molecule has 0 radical (unpaired) electrons. The number of carbonyl (C=O) groups excluding carboxylic acids is 2. The first-order chi connectivity index (χ1) is 10.5. The number of isocyanates is 1. The van der Waals surface area contributed by atoms with E-state index in [9.17, 15) is 14.3 Å². The van der Waals surface area contributed by atoms with E-state index in [-0.39, 0.29) is 22.2 Å². The van der Waals surface area contributed by atoms with E-state index in [1.165, 1.54) is 17.4 Å². The average Bonchev–Trinajstić information content (AvgIpc) is 3.07. The summed E-state index contributed by atoms with van der Waals surface area (Å²) in [5.41, 5.74) is 0.483. The van der Waals surface area contributed by atoms with Crippen molar-refractivity contribution >= 4 is 45.7 Å². The Kier molecular flexibility index (Phi) is 4.72. The van der Waals surface area contributed by atoms with Gasteiger partial charge in [-0.05, 0) is 23.6 Å². The summed E-state index contributed by atoms with van der Waals surface area (Å²) in [5, 5.41) is 17.3. The zero-order valence-electron chi connectivity index (χ0n) is 10.8. The second-order valence-corrected chi connectivity index (χ2v) is 5.42. The Morgan fingerprint density at radius 3 is 2.73 bits per heavy atom. The first kappa shape index (κ1) is 15.9. The van der Waals surface area contributed by atoms with Crippen molar-refractivity contribution in [1.82, 2.24) is 4.98 Å². The summed E-state index contributed by atoms with van der Waals surface area (Å²) in [6, 6.07) is 5.88. The lowest BCUT2D eigenvalue weighted by Crippen LogP contribution is -1.97.